The van der Waals surface area contributed by atoms with E-state index < -0.39 is 5.97 Å². The summed E-state index contributed by atoms with van der Waals surface area (Å²) in [7, 11) is 1.32. The molecule has 0 saturated carbocycles. The minimum atomic E-state index is -0.476. The van der Waals surface area contributed by atoms with Gasteiger partial charge in [-0.2, -0.15) is 0 Å². The third-order valence-corrected chi connectivity index (χ3v) is 3.49. The summed E-state index contributed by atoms with van der Waals surface area (Å²) in [5.41, 5.74) is 3.14. The number of carbonyl (C=O) groups excluding carboxylic acids is 1. The molecule has 0 amide bonds. The number of hydrogen-bond acceptors (Lipinski definition) is 3. The zero-order chi connectivity index (χ0) is 16.2. The monoisotopic (exact) mass is 307 g/mol. The SMILES string of the molecule is COC(=O)c1ccc(-c2ccccc2)nc1-c1ccc(F)cc1. The normalized spacial score (nSPS) is 10.3. The van der Waals surface area contributed by atoms with Gasteiger partial charge in [0, 0.05) is 11.1 Å². The fourth-order valence-electron chi connectivity index (χ4n) is 2.33. The van der Waals surface area contributed by atoms with E-state index in [1.54, 1.807) is 24.3 Å². The van der Waals surface area contributed by atoms with E-state index in [9.17, 15) is 9.18 Å². The first-order valence-electron chi connectivity index (χ1n) is 7.10. The Labute approximate surface area is 133 Å². The van der Waals surface area contributed by atoms with E-state index in [0.29, 0.717) is 16.8 Å². The summed E-state index contributed by atoms with van der Waals surface area (Å²) in [6.45, 7) is 0. The molecule has 0 atom stereocenters. The molecule has 0 aliphatic carbocycles. The molecule has 114 valence electrons. The van der Waals surface area contributed by atoms with Crippen LogP contribution in [0.3, 0.4) is 0 Å². The average molecular weight is 307 g/mol. The number of aromatic nitrogens is 1. The predicted octanol–water partition coefficient (Wildman–Crippen LogP) is 4.34. The molecule has 1 aromatic heterocycles. The van der Waals surface area contributed by atoms with Gasteiger partial charge in [0.25, 0.3) is 0 Å². The highest BCUT2D eigenvalue weighted by Gasteiger charge is 2.16. The zero-order valence-corrected chi connectivity index (χ0v) is 12.5. The van der Waals surface area contributed by atoms with Crippen molar-refractivity contribution in [3.8, 4) is 22.5 Å². The number of ether oxygens (including phenoxy) is 1. The molecule has 4 heteroatoms. The molecule has 0 saturated heterocycles. The Balaban J connectivity index is 2.16. The second kappa shape index (κ2) is 6.40. The van der Waals surface area contributed by atoms with Crippen LogP contribution in [0.25, 0.3) is 22.5 Å². The molecule has 3 aromatic rings. The van der Waals surface area contributed by atoms with Gasteiger partial charge in [-0.1, -0.05) is 30.3 Å². The van der Waals surface area contributed by atoms with E-state index in [1.165, 1.54) is 19.2 Å². The number of rotatable bonds is 3. The van der Waals surface area contributed by atoms with Crippen molar-refractivity contribution in [1.82, 2.24) is 4.98 Å². The number of nitrogens with zero attached hydrogens (tertiary/aromatic N) is 1. The van der Waals surface area contributed by atoms with E-state index in [-0.39, 0.29) is 5.82 Å². The Morgan fingerprint density at radius 2 is 1.61 bits per heavy atom. The highest BCUT2D eigenvalue weighted by atomic mass is 19.1. The third-order valence-electron chi connectivity index (χ3n) is 3.49. The van der Waals surface area contributed by atoms with Crippen molar-refractivity contribution >= 4 is 5.97 Å². The Bertz CT molecular complexity index is 830. The number of carbonyl (C=O) groups is 1. The molecule has 23 heavy (non-hydrogen) atoms. The second-order valence-electron chi connectivity index (χ2n) is 4.96. The van der Waals surface area contributed by atoms with Crippen molar-refractivity contribution in [3.63, 3.8) is 0 Å². The van der Waals surface area contributed by atoms with Crippen LogP contribution in [0.1, 0.15) is 10.4 Å². The molecule has 0 fully saturated rings. The fraction of sp³-hybridized carbons (Fsp3) is 0.0526. The number of hydrogen-bond donors (Lipinski definition) is 0. The molecule has 3 nitrogen and oxygen atoms in total. The average Bonchev–Trinajstić information content (AvgIpc) is 2.62. The van der Waals surface area contributed by atoms with Gasteiger partial charge in [-0.25, -0.2) is 14.2 Å². The third kappa shape index (κ3) is 3.11. The summed E-state index contributed by atoms with van der Waals surface area (Å²) in [5, 5.41) is 0. The van der Waals surface area contributed by atoms with Crippen LogP contribution >= 0.6 is 0 Å². The minimum Gasteiger partial charge on any atom is -0.465 e. The number of halogens is 1. The van der Waals surface area contributed by atoms with Crippen molar-refractivity contribution in [2.45, 2.75) is 0 Å². The van der Waals surface area contributed by atoms with E-state index in [2.05, 4.69) is 4.98 Å². The lowest BCUT2D eigenvalue weighted by Gasteiger charge is -2.10. The molecule has 0 bridgehead atoms. The van der Waals surface area contributed by atoms with Gasteiger partial charge in [0.05, 0.1) is 24.1 Å². The first-order chi connectivity index (χ1) is 11.2. The van der Waals surface area contributed by atoms with Crippen molar-refractivity contribution in [2.24, 2.45) is 0 Å². The maximum absolute atomic E-state index is 13.2. The maximum Gasteiger partial charge on any atom is 0.340 e. The highest BCUT2D eigenvalue weighted by Crippen LogP contribution is 2.27. The molecule has 0 unspecified atom stereocenters. The molecule has 0 radical (unpaired) electrons. The van der Waals surface area contributed by atoms with Gasteiger partial charge in [0.15, 0.2) is 0 Å². The summed E-state index contributed by atoms with van der Waals surface area (Å²) >= 11 is 0. The lowest BCUT2D eigenvalue weighted by Crippen LogP contribution is -2.05. The van der Waals surface area contributed by atoms with Gasteiger partial charge in [0.1, 0.15) is 5.82 Å². The van der Waals surface area contributed by atoms with Gasteiger partial charge in [-0.05, 0) is 36.4 Å². The summed E-state index contributed by atoms with van der Waals surface area (Å²) in [6, 6.07) is 19.0. The van der Waals surface area contributed by atoms with E-state index in [0.717, 1.165) is 11.3 Å². The van der Waals surface area contributed by atoms with Crippen molar-refractivity contribution in [2.75, 3.05) is 7.11 Å². The van der Waals surface area contributed by atoms with Crippen molar-refractivity contribution < 1.29 is 13.9 Å². The first-order valence-corrected chi connectivity index (χ1v) is 7.10. The zero-order valence-electron chi connectivity index (χ0n) is 12.5. The molecular weight excluding hydrogens is 293 g/mol. The number of benzene rings is 2. The lowest BCUT2D eigenvalue weighted by atomic mass is 10.0. The summed E-state index contributed by atoms with van der Waals surface area (Å²) in [6.07, 6.45) is 0. The molecule has 0 spiro atoms. The Kier molecular flexibility index (Phi) is 4.15. The Morgan fingerprint density at radius 1 is 0.913 bits per heavy atom. The van der Waals surface area contributed by atoms with Gasteiger partial charge >= 0.3 is 5.97 Å². The predicted molar refractivity (Wildman–Crippen MR) is 86.4 cm³/mol. The quantitative estimate of drug-likeness (QED) is 0.676. The topological polar surface area (TPSA) is 39.2 Å². The van der Waals surface area contributed by atoms with Crippen LogP contribution in [0.4, 0.5) is 4.39 Å². The molecule has 0 aliphatic rings. The summed E-state index contributed by atoms with van der Waals surface area (Å²) in [5.74, 6) is -0.816. The molecule has 3 rings (SSSR count). The van der Waals surface area contributed by atoms with Crippen LogP contribution in [0, 0.1) is 5.82 Å². The number of esters is 1. The second-order valence-corrected chi connectivity index (χ2v) is 4.96. The van der Waals surface area contributed by atoms with Crippen LogP contribution in [-0.2, 0) is 4.74 Å². The van der Waals surface area contributed by atoms with Crippen LogP contribution in [-0.4, -0.2) is 18.1 Å². The van der Waals surface area contributed by atoms with E-state index >= 15 is 0 Å². The smallest absolute Gasteiger partial charge is 0.340 e. The number of pyridine rings is 1. The fourth-order valence-corrected chi connectivity index (χ4v) is 2.33. The molecule has 0 N–H and O–H groups in total. The lowest BCUT2D eigenvalue weighted by molar-refractivity contribution is 0.0601. The summed E-state index contributed by atoms with van der Waals surface area (Å²) in [4.78, 5) is 16.6. The molecule has 2 aromatic carbocycles. The van der Waals surface area contributed by atoms with E-state index in [1.807, 2.05) is 30.3 Å². The standard InChI is InChI=1S/C19H14FNO2/c1-23-19(22)16-11-12-17(13-5-3-2-4-6-13)21-18(16)14-7-9-15(20)10-8-14/h2-12H,1H3. The summed E-state index contributed by atoms with van der Waals surface area (Å²) < 4.78 is 18.0. The van der Waals surface area contributed by atoms with Crippen LogP contribution in [0.2, 0.25) is 0 Å². The van der Waals surface area contributed by atoms with Gasteiger partial charge < -0.3 is 4.74 Å². The largest absolute Gasteiger partial charge is 0.465 e. The van der Waals surface area contributed by atoms with Crippen LogP contribution in [0.5, 0.6) is 0 Å². The Hall–Kier alpha value is -3.01. The first kappa shape index (κ1) is 14.9. The van der Waals surface area contributed by atoms with Crippen LogP contribution in [0.15, 0.2) is 66.7 Å². The Morgan fingerprint density at radius 3 is 2.26 bits per heavy atom. The van der Waals surface area contributed by atoms with Crippen molar-refractivity contribution in [3.05, 3.63) is 78.1 Å². The van der Waals surface area contributed by atoms with Gasteiger partial charge in [0.2, 0.25) is 0 Å². The minimum absolute atomic E-state index is 0.340. The molecule has 0 aliphatic heterocycles. The van der Waals surface area contributed by atoms with Gasteiger partial charge in [-0.15, -0.1) is 0 Å². The van der Waals surface area contributed by atoms with Crippen LogP contribution < -0.4 is 0 Å². The number of methoxy groups -OCH3 is 1. The van der Waals surface area contributed by atoms with E-state index in [4.69, 9.17) is 4.74 Å². The molecular formula is C19H14FNO2. The molecule has 1 heterocycles. The van der Waals surface area contributed by atoms with Crippen molar-refractivity contribution in [1.29, 1.82) is 0 Å². The highest BCUT2D eigenvalue weighted by molar-refractivity contribution is 5.96. The maximum atomic E-state index is 13.2. The van der Waals surface area contributed by atoms with Gasteiger partial charge in [-0.3, -0.25) is 0 Å².